The van der Waals surface area contributed by atoms with E-state index in [4.69, 9.17) is 0 Å². The molecule has 1 unspecified atom stereocenters. The zero-order valence-electron chi connectivity index (χ0n) is 8.71. The molecule has 0 saturated carbocycles. The molecule has 0 aliphatic rings. The van der Waals surface area contributed by atoms with Gasteiger partial charge in [-0.05, 0) is 19.9 Å². The molecule has 1 atom stereocenters. The van der Waals surface area contributed by atoms with Crippen LogP contribution < -0.4 is 0 Å². The van der Waals surface area contributed by atoms with Crippen molar-refractivity contribution in [3.05, 3.63) is 34.0 Å². The molecular weight excluding hydrogens is 210 g/mol. The van der Waals surface area contributed by atoms with Gasteiger partial charge < -0.3 is 5.11 Å². The molecule has 2 heterocycles. The van der Waals surface area contributed by atoms with Crippen LogP contribution >= 0.6 is 11.3 Å². The number of nitrogens with zero attached hydrogens (tertiary/aromatic N) is 3. The third kappa shape index (κ3) is 1.93. The van der Waals surface area contributed by atoms with Crippen molar-refractivity contribution >= 4 is 11.3 Å². The summed E-state index contributed by atoms with van der Waals surface area (Å²) in [5, 5.41) is 15.2. The fraction of sp³-hybridized carbons (Fsp3) is 0.400. The monoisotopic (exact) mass is 223 g/mol. The minimum atomic E-state index is -0.612. The van der Waals surface area contributed by atoms with Gasteiger partial charge in [0.1, 0.15) is 6.10 Å². The van der Waals surface area contributed by atoms with Gasteiger partial charge in [-0.2, -0.15) is 5.10 Å². The van der Waals surface area contributed by atoms with E-state index in [1.807, 2.05) is 19.9 Å². The van der Waals surface area contributed by atoms with Crippen LogP contribution in [0.15, 0.2) is 18.5 Å². The van der Waals surface area contributed by atoms with E-state index in [1.165, 1.54) is 11.3 Å². The van der Waals surface area contributed by atoms with Gasteiger partial charge in [-0.15, -0.1) is 11.3 Å². The lowest BCUT2D eigenvalue weighted by Crippen LogP contribution is -2.07. The second kappa shape index (κ2) is 4.12. The van der Waals surface area contributed by atoms with Crippen LogP contribution in [0.25, 0.3) is 0 Å². The first kappa shape index (κ1) is 10.3. The third-order valence-electron chi connectivity index (χ3n) is 2.24. The van der Waals surface area contributed by atoms with E-state index in [0.29, 0.717) is 0 Å². The molecule has 0 amide bonds. The smallest absolute Gasteiger partial charge is 0.131 e. The molecule has 2 aromatic rings. The molecule has 0 fully saturated rings. The summed E-state index contributed by atoms with van der Waals surface area (Å²) in [5.74, 6) is 0. The standard InChI is InChI=1S/C10H13N3OS/c1-3-13-8(4-5-12-13)10(14)9-6-11-7(2)15-9/h4-6,10,14H,3H2,1-2H3. The number of aromatic nitrogens is 3. The number of aliphatic hydroxyl groups excluding tert-OH is 1. The van der Waals surface area contributed by atoms with Crippen LogP contribution in [0.1, 0.15) is 28.6 Å². The highest BCUT2D eigenvalue weighted by Crippen LogP contribution is 2.26. The van der Waals surface area contributed by atoms with Crippen molar-refractivity contribution in [1.82, 2.24) is 14.8 Å². The summed E-state index contributed by atoms with van der Waals surface area (Å²) in [7, 11) is 0. The summed E-state index contributed by atoms with van der Waals surface area (Å²) in [4.78, 5) is 5.00. The number of thiazole rings is 1. The van der Waals surface area contributed by atoms with Gasteiger partial charge in [0.2, 0.25) is 0 Å². The molecule has 0 radical (unpaired) electrons. The predicted octanol–water partition coefficient (Wildman–Crippen LogP) is 1.75. The van der Waals surface area contributed by atoms with Gasteiger partial charge in [-0.3, -0.25) is 4.68 Å². The lowest BCUT2D eigenvalue weighted by molar-refractivity contribution is 0.211. The maximum atomic E-state index is 10.1. The number of aliphatic hydroxyl groups is 1. The Kier molecular flexibility index (Phi) is 2.83. The number of aryl methyl sites for hydroxylation is 2. The summed E-state index contributed by atoms with van der Waals surface area (Å²) in [6.45, 7) is 4.69. The van der Waals surface area contributed by atoms with Crippen LogP contribution in [0.3, 0.4) is 0 Å². The molecule has 0 saturated heterocycles. The summed E-state index contributed by atoms with van der Waals surface area (Å²) in [6.07, 6.45) is 2.81. The molecule has 2 rings (SSSR count). The largest absolute Gasteiger partial charge is 0.381 e. The zero-order chi connectivity index (χ0) is 10.8. The Morgan fingerprint density at radius 3 is 3.00 bits per heavy atom. The first-order chi connectivity index (χ1) is 7.22. The SMILES string of the molecule is CCn1nccc1C(O)c1cnc(C)s1. The van der Waals surface area contributed by atoms with Crippen molar-refractivity contribution in [2.45, 2.75) is 26.5 Å². The highest BCUT2D eigenvalue weighted by molar-refractivity contribution is 7.11. The van der Waals surface area contributed by atoms with Gasteiger partial charge in [-0.25, -0.2) is 4.98 Å². The molecule has 0 spiro atoms. The van der Waals surface area contributed by atoms with Crippen LogP contribution in [0.2, 0.25) is 0 Å². The Hall–Kier alpha value is -1.20. The second-order valence-electron chi connectivity index (χ2n) is 3.26. The van der Waals surface area contributed by atoms with Crippen LogP contribution in [0.5, 0.6) is 0 Å². The van der Waals surface area contributed by atoms with Gasteiger partial charge >= 0.3 is 0 Å². The highest BCUT2D eigenvalue weighted by atomic mass is 32.1. The van der Waals surface area contributed by atoms with Crippen molar-refractivity contribution in [1.29, 1.82) is 0 Å². The van der Waals surface area contributed by atoms with Crippen LogP contribution in [-0.2, 0) is 6.54 Å². The maximum Gasteiger partial charge on any atom is 0.131 e. The van der Waals surface area contributed by atoms with E-state index in [0.717, 1.165) is 22.1 Å². The molecule has 2 aromatic heterocycles. The fourth-order valence-corrected chi connectivity index (χ4v) is 2.27. The Bertz CT molecular complexity index is 449. The maximum absolute atomic E-state index is 10.1. The number of hydrogen-bond acceptors (Lipinski definition) is 4. The highest BCUT2D eigenvalue weighted by Gasteiger charge is 2.16. The van der Waals surface area contributed by atoms with Crippen molar-refractivity contribution in [3.8, 4) is 0 Å². The summed E-state index contributed by atoms with van der Waals surface area (Å²) in [5.41, 5.74) is 0.821. The van der Waals surface area contributed by atoms with Gasteiger partial charge in [0, 0.05) is 18.9 Å². The normalized spacial score (nSPS) is 13.0. The van der Waals surface area contributed by atoms with Crippen molar-refractivity contribution in [2.24, 2.45) is 0 Å². The lowest BCUT2D eigenvalue weighted by Gasteiger charge is -2.09. The van der Waals surface area contributed by atoms with Gasteiger partial charge in [-0.1, -0.05) is 0 Å². The Balaban J connectivity index is 2.31. The fourth-order valence-electron chi connectivity index (χ4n) is 1.49. The van der Waals surface area contributed by atoms with Crippen molar-refractivity contribution in [3.63, 3.8) is 0 Å². The molecular formula is C10H13N3OS. The summed E-state index contributed by atoms with van der Waals surface area (Å²) < 4.78 is 1.79. The van der Waals surface area contributed by atoms with Crippen molar-refractivity contribution < 1.29 is 5.11 Å². The minimum Gasteiger partial charge on any atom is -0.381 e. The Morgan fingerprint density at radius 1 is 1.60 bits per heavy atom. The summed E-state index contributed by atoms with van der Waals surface area (Å²) >= 11 is 1.51. The van der Waals surface area contributed by atoms with Crippen LogP contribution in [0, 0.1) is 6.92 Å². The van der Waals surface area contributed by atoms with E-state index in [9.17, 15) is 5.11 Å². The minimum absolute atomic E-state index is 0.612. The van der Waals surface area contributed by atoms with Crippen LogP contribution in [0.4, 0.5) is 0 Å². The average molecular weight is 223 g/mol. The Morgan fingerprint density at radius 2 is 2.40 bits per heavy atom. The van der Waals surface area contributed by atoms with Crippen LogP contribution in [-0.4, -0.2) is 19.9 Å². The predicted molar refractivity (Wildman–Crippen MR) is 58.8 cm³/mol. The molecule has 0 bridgehead atoms. The third-order valence-corrected chi connectivity index (χ3v) is 3.20. The second-order valence-corrected chi connectivity index (χ2v) is 4.52. The quantitative estimate of drug-likeness (QED) is 0.862. The molecule has 4 nitrogen and oxygen atoms in total. The van der Waals surface area contributed by atoms with E-state index < -0.39 is 6.10 Å². The van der Waals surface area contributed by atoms with E-state index in [1.54, 1.807) is 17.1 Å². The topological polar surface area (TPSA) is 50.9 Å². The van der Waals surface area contributed by atoms with Crippen molar-refractivity contribution in [2.75, 3.05) is 0 Å². The first-order valence-electron chi connectivity index (χ1n) is 4.84. The first-order valence-corrected chi connectivity index (χ1v) is 5.66. The zero-order valence-corrected chi connectivity index (χ0v) is 9.53. The Labute approximate surface area is 92.2 Å². The average Bonchev–Trinajstić information content (AvgIpc) is 2.84. The molecule has 0 aliphatic carbocycles. The lowest BCUT2D eigenvalue weighted by atomic mass is 10.2. The molecule has 1 N–H and O–H groups in total. The molecule has 5 heteroatoms. The van der Waals surface area contributed by atoms with Gasteiger partial charge in [0.15, 0.2) is 0 Å². The number of hydrogen-bond donors (Lipinski definition) is 1. The van der Waals surface area contributed by atoms with E-state index >= 15 is 0 Å². The molecule has 15 heavy (non-hydrogen) atoms. The van der Waals surface area contributed by atoms with E-state index in [-0.39, 0.29) is 0 Å². The molecule has 0 aliphatic heterocycles. The van der Waals surface area contributed by atoms with Gasteiger partial charge in [0.25, 0.3) is 0 Å². The molecule has 0 aromatic carbocycles. The summed E-state index contributed by atoms with van der Waals surface area (Å²) in [6, 6.07) is 1.84. The number of rotatable bonds is 3. The molecule has 80 valence electrons. The van der Waals surface area contributed by atoms with E-state index in [2.05, 4.69) is 10.1 Å². The van der Waals surface area contributed by atoms with Gasteiger partial charge in [0.05, 0.1) is 15.6 Å².